The maximum Gasteiger partial charge on any atom is 0.245 e. The molecule has 1 rings (SSSR count). The van der Waals surface area contributed by atoms with Gasteiger partial charge in [0.25, 0.3) is 0 Å². The van der Waals surface area contributed by atoms with Gasteiger partial charge >= 0.3 is 0 Å². The van der Waals surface area contributed by atoms with Crippen LogP contribution in [0.4, 0.5) is 0 Å². The monoisotopic (exact) mass is 220 g/mol. The molecule has 1 heterocycles. The number of aliphatic hydroxyl groups excluding tert-OH is 4. The first-order valence-corrected chi connectivity index (χ1v) is 4.70. The molecule has 0 bridgehead atoms. The zero-order chi connectivity index (χ0) is 11.4. The summed E-state index contributed by atoms with van der Waals surface area (Å²) in [6, 6.07) is -1.11. The Morgan fingerprint density at radius 1 is 1.20 bits per heavy atom. The topological polar surface area (TPSA) is 122 Å². The van der Waals surface area contributed by atoms with Crippen molar-refractivity contribution in [2.45, 2.75) is 24.3 Å². The van der Waals surface area contributed by atoms with Crippen LogP contribution in [0.1, 0.15) is 0 Å². The van der Waals surface area contributed by atoms with Crippen LogP contribution in [0.15, 0.2) is 0 Å². The maximum atomic E-state index is 10.7. The number of nitrogens with one attached hydrogen (secondary N) is 2. The fraction of sp³-hybridized carbons (Fsp3) is 0.875. The fourth-order valence-electron chi connectivity index (χ4n) is 1.57. The van der Waals surface area contributed by atoms with Crippen molar-refractivity contribution >= 4 is 5.91 Å². The molecule has 1 aliphatic rings. The van der Waals surface area contributed by atoms with Gasteiger partial charge in [-0.25, -0.2) is 0 Å². The first kappa shape index (κ1) is 12.3. The summed E-state index contributed by atoms with van der Waals surface area (Å²) >= 11 is 0. The summed E-state index contributed by atoms with van der Waals surface area (Å²) < 4.78 is 0. The average molecular weight is 220 g/mol. The molecule has 0 aromatic carbocycles. The highest BCUT2D eigenvalue weighted by atomic mass is 16.3. The quantitative estimate of drug-likeness (QED) is 0.288. The van der Waals surface area contributed by atoms with Crippen molar-refractivity contribution in [1.29, 1.82) is 0 Å². The van der Waals surface area contributed by atoms with Gasteiger partial charge in [-0.3, -0.25) is 4.79 Å². The van der Waals surface area contributed by atoms with Crippen LogP contribution in [0.3, 0.4) is 0 Å². The van der Waals surface area contributed by atoms with Crippen LogP contribution in [0.2, 0.25) is 0 Å². The molecular weight excluding hydrogens is 204 g/mol. The number of carbonyl (C=O) groups is 1. The van der Waals surface area contributed by atoms with Gasteiger partial charge in [0.2, 0.25) is 5.91 Å². The minimum atomic E-state index is -1.05. The van der Waals surface area contributed by atoms with Gasteiger partial charge in [-0.15, -0.1) is 0 Å². The van der Waals surface area contributed by atoms with Crippen LogP contribution in [0.25, 0.3) is 0 Å². The Labute approximate surface area is 86.7 Å². The minimum absolute atomic E-state index is 0.0914. The van der Waals surface area contributed by atoms with E-state index >= 15 is 0 Å². The molecule has 7 heteroatoms. The summed E-state index contributed by atoms with van der Waals surface area (Å²) in [5.41, 5.74) is 0. The van der Waals surface area contributed by atoms with Crippen molar-refractivity contribution in [3.63, 3.8) is 0 Å². The van der Waals surface area contributed by atoms with E-state index in [2.05, 4.69) is 10.6 Å². The highest BCUT2D eigenvalue weighted by Gasteiger charge is 2.40. The first-order valence-electron chi connectivity index (χ1n) is 4.70. The second kappa shape index (κ2) is 5.38. The van der Waals surface area contributed by atoms with Crippen LogP contribution < -0.4 is 10.6 Å². The maximum absolute atomic E-state index is 10.7. The Morgan fingerprint density at radius 3 is 2.27 bits per heavy atom. The van der Waals surface area contributed by atoms with Gasteiger partial charge in [0.1, 0.15) is 6.61 Å². The van der Waals surface area contributed by atoms with Crippen molar-refractivity contribution in [3.05, 3.63) is 0 Å². The second-order valence-electron chi connectivity index (χ2n) is 3.51. The van der Waals surface area contributed by atoms with Crippen LogP contribution >= 0.6 is 0 Å². The van der Waals surface area contributed by atoms with Crippen LogP contribution in [-0.2, 0) is 4.79 Å². The standard InChI is InChI=1S/C8H16N2O5/c11-2-5-8(15)7(14)4(10-5)1-9-6(13)3-12/h4-5,7-8,10-12,14-15H,1-3H2,(H,9,13)/t4-,5-,7-,8-/m1/s1. The van der Waals surface area contributed by atoms with E-state index in [1.54, 1.807) is 0 Å². The Balaban J connectivity index is 2.40. The summed E-state index contributed by atoms with van der Waals surface area (Å²) in [4.78, 5) is 10.7. The zero-order valence-electron chi connectivity index (χ0n) is 8.13. The lowest BCUT2D eigenvalue weighted by Crippen LogP contribution is -2.44. The number of amides is 1. The predicted molar refractivity (Wildman–Crippen MR) is 49.9 cm³/mol. The van der Waals surface area contributed by atoms with Crippen molar-refractivity contribution in [2.75, 3.05) is 19.8 Å². The summed E-state index contributed by atoms with van der Waals surface area (Å²) in [5.74, 6) is -0.550. The highest BCUT2D eigenvalue weighted by molar-refractivity contribution is 5.76. The fourth-order valence-corrected chi connectivity index (χ4v) is 1.57. The molecule has 0 radical (unpaired) electrons. The molecule has 0 aliphatic carbocycles. The molecule has 0 unspecified atom stereocenters. The Bertz CT molecular complexity index is 225. The van der Waals surface area contributed by atoms with E-state index < -0.39 is 36.8 Å². The molecule has 1 saturated heterocycles. The van der Waals surface area contributed by atoms with Crippen molar-refractivity contribution in [1.82, 2.24) is 10.6 Å². The number of aliphatic hydroxyl groups is 4. The molecule has 1 aliphatic heterocycles. The molecule has 0 aromatic heterocycles. The second-order valence-corrected chi connectivity index (χ2v) is 3.51. The van der Waals surface area contributed by atoms with Gasteiger partial charge in [0, 0.05) is 6.54 Å². The average Bonchev–Trinajstić information content (AvgIpc) is 2.52. The third-order valence-corrected chi connectivity index (χ3v) is 2.46. The highest BCUT2D eigenvalue weighted by Crippen LogP contribution is 2.13. The van der Waals surface area contributed by atoms with Gasteiger partial charge in [-0.2, -0.15) is 0 Å². The Morgan fingerprint density at radius 2 is 1.80 bits per heavy atom. The SMILES string of the molecule is O=C(CO)NC[C@H]1N[C@H](CO)[C@@H](O)[C@@H]1O. The molecule has 15 heavy (non-hydrogen) atoms. The first-order chi connectivity index (χ1) is 7.10. The van der Waals surface area contributed by atoms with Crippen molar-refractivity contribution < 1.29 is 25.2 Å². The molecule has 6 N–H and O–H groups in total. The van der Waals surface area contributed by atoms with E-state index in [0.29, 0.717) is 0 Å². The predicted octanol–water partition coefficient (Wildman–Crippen LogP) is -3.85. The molecule has 1 amide bonds. The van der Waals surface area contributed by atoms with Gasteiger partial charge in [0.15, 0.2) is 0 Å². The lowest BCUT2D eigenvalue weighted by molar-refractivity contribution is -0.124. The number of hydrogen-bond acceptors (Lipinski definition) is 6. The van der Waals surface area contributed by atoms with Crippen LogP contribution in [-0.4, -0.2) is 70.4 Å². The Kier molecular flexibility index (Phi) is 4.43. The van der Waals surface area contributed by atoms with E-state index in [-0.39, 0.29) is 13.2 Å². The van der Waals surface area contributed by atoms with E-state index in [1.807, 2.05) is 0 Å². The smallest absolute Gasteiger partial charge is 0.245 e. The molecular formula is C8H16N2O5. The molecule has 1 fully saturated rings. The lowest BCUT2D eigenvalue weighted by Gasteiger charge is -2.15. The number of rotatable bonds is 4. The van der Waals surface area contributed by atoms with E-state index in [1.165, 1.54) is 0 Å². The number of hydrogen-bond donors (Lipinski definition) is 6. The molecule has 0 aromatic rings. The van der Waals surface area contributed by atoms with E-state index in [0.717, 1.165) is 0 Å². The lowest BCUT2D eigenvalue weighted by atomic mass is 10.1. The van der Waals surface area contributed by atoms with Gasteiger partial charge in [-0.05, 0) is 0 Å². The van der Waals surface area contributed by atoms with Gasteiger partial charge < -0.3 is 31.1 Å². The van der Waals surface area contributed by atoms with Gasteiger partial charge in [-0.1, -0.05) is 0 Å². The third kappa shape index (κ3) is 2.86. The third-order valence-electron chi connectivity index (χ3n) is 2.46. The van der Waals surface area contributed by atoms with Crippen LogP contribution in [0, 0.1) is 0 Å². The zero-order valence-corrected chi connectivity index (χ0v) is 8.13. The Hall–Kier alpha value is -0.730. The summed E-state index contributed by atoms with van der Waals surface area (Å²) in [7, 11) is 0. The normalized spacial score (nSPS) is 35.5. The minimum Gasteiger partial charge on any atom is -0.395 e. The molecule has 7 nitrogen and oxygen atoms in total. The summed E-state index contributed by atoms with van der Waals surface area (Å²) in [5, 5.41) is 41.3. The van der Waals surface area contributed by atoms with Gasteiger partial charge in [0.05, 0.1) is 30.9 Å². The van der Waals surface area contributed by atoms with Crippen molar-refractivity contribution in [3.8, 4) is 0 Å². The van der Waals surface area contributed by atoms with E-state index in [9.17, 15) is 15.0 Å². The van der Waals surface area contributed by atoms with Crippen LogP contribution in [0.5, 0.6) is 0 Å². The summed E-state index contributed by atoms with van der Waals surface area (Å²) in [6.45, 7) is -0.814. The molecule has 0 saturated carbocycles. The number of carbonyl (C=O) groups excluding carboxylic acids is 1. The largest absolute Gasteiger partial charge is 0.395 e. The molecule has 88 valence electrons. The molecule has 4 atom stereocenters. The summed E-state index contributed by atoms with van der Waals surface area (Å²) in [6.07, 6.45) is -2.09. The van der Waals surface area contributed by atoms with Crippen molar-refractivity contribution in [2.24, 2.45) is 0 Å². The molecule has 0 spiro atoms. The van der Waals surface area contributed by atoms with E-state index in [4.69, 9.17) is 10.2 Å².